The van der Waals surface area contributed by atoms with Gasteiger partial charge in [-0.25, -0.2) is 9.59 Å². The van der Waals surface area contributed by atoms with E-state index in [1.165, 1.54) is 31.9 Å². The third kappa shape index (κ3) is 4.36. The lowest BCUT2D eigenvalue weighted by molar-refractivity contribution is 0.0697. The van der Waals surface area contributed by atoms with E-state index in [0.29, 0.717) is 43.5 Å². The monoisotopic (exact) mass is 518 g/mol. The van der Waals surface area contributed by atoms with Crippen molar-refractivity contribution in [3.63, 3.8) is 0 Å². The van der Waals surface area contributed by atoms with Crippen LogP contribution in [0.15, 0.2) is 36.4 Å². The number of rotatable bonds is 5. The number of carboxylic acids is 1. The molecule has 3 aromatic rings. The Morgan fingerprint density at radius 3 is 2.66 bits per heavy atom. The molecule has 8 nitrogen and oxygen atoms in total. The van der Waals surface area contributed by atoms with Gasteiger partial charge >= 0.3 is 12.1 Å². The van der Waals surface area contributed by atoms with Crippen LogP contribution in [0.1, 0.15) is 66.8 Å². The normalized spacial score (nSPS) is 19.4. The van der Waals surface area contributed by atoms with Crippen LogP contribution in [0, 0.1) is 0 Å². The smallest absolute Gasteiger partial charge is 0.409 e. The highest BCUT2D eigenvalue weighted by molar-refractivity contribution is 5.98. The summed E-state index contributed by atoms with van der Waals surface area (Å²) in [5.74, 6) is 1.00. The molecule has 3 heterocycles. The molecule has 2 aromatic carbocycles. The Bertz CT molecular complexity index is 1370. The highest BCUT2D eigenvalue weighted by Crippen LogP contribution is 2.47. The van der Waals surface area contributed by atoms with Gasteiger partial charge in [0.25, 0.3) is 0 Å². The lowest BCUT2D eigenvalue weighted by Gasteiger charge is -2.24. The summed E-state index contributed by atoms with van der Waals surface area (Å²) in [6.45, 7) is 2.21. The summed E-state index contributed by atoms with van der Waals surface area (Å²) in [4.78, 5) is 25.6. The summed E-state index contributed by atoms with van der Waals surface area (Å²) in [6, 6.07) is 11.5. The second-order valence-electron chi connectivity index (χ2n) is 10.6. The maximum atomic E-state index is 12.1. The molecule has 2 fully saturated rings. The number of amides is 1. The van der Waals surface area contributed by atoms with Crippen LogP contribution >= 0.6 is 0 Å². The molecule has 38 heavy (non-hydrogen) atoms. The maximum absolute atomic E-state index is 12.1. The Morgan fingerprint density at radius 2 is 1.87 bits per heavy atom. The van der Waals surface area contributed by atoms with Crippen molar-refractivity contribution in [2.45, 2.75) is 63.5 Å². The number of aromatic carboxylic acids is 1. The zero-order chi connectivity index (χ0) is 26.2. The van der Waals surface area contributed by atoms with Gasteiger partial charge in [0.05, 0.1) is 31.0 Å². The van der Waals surface area contributed by atoms with Gasteiger partial charge in [0.1, 0.15) is 24.7 Å². The second kappa shape index (κ2) is 10.2. The van der Waals surface area contributed by atoms with Crippen molar-refractivity contribution in [2.24, 2.45) is 0 Å². The Morgan fingerprint density at radius 1 is 1.03 bits per heavy atom. The second-order valence-corrected chi connectivity index (χ2v) is 10.6. The van der Waals surface area contributed by atoms with Crippen LogP contribution in [0.2, 0.25) is 0 Å². The zero-order valence-electron chi connectivity index (χ0n) is 21.8. The summed E-state index contributed by atoms with van der Waals surface area (Å²) in [7, 11) is 1.41. The third-order valence-corrected chi connectivity index (χ3v) is 8.37. The predicted molar refractivity (Wildman–Crippen MR) is 143 cm³/mol. The molecule has 2 aliphatic heterocycles. The van der Waals surface area contributed by atoms with Crippen molar-refractivity contribution < 1.29 is 28.9 Å². The number of fused-ring (bicyclic) bond motifs is 5. The molecule has 1 saturated carbocycles. The molecular formula is C30H34N2O6. The van der Waals surface area contributed by atoms with E-state index in [2.05, 4.69) is 10.6 Å². The van der Waals surface area contributed by atoms with Crippen LogP contribution in [0.4, 0.5) is 4.79 Å². The van der Waals surface area contributed by atoms with Gasteiger partial charge in [-0.2, -0.15) is 0 Å². The van der Waals surface area contributed by atoms with Crippen molar-refractivity contribution in [2.75, 3.05) is 26.9 Å². The number of benzene rings is 2. The molecule has 200 valence electrons. The molecule has 0 radical (unpaired) electrons. The van der Waals surface area contributed by atoms with Crippen molar-refractivity contribution >= 4 is 23.0 Å². The number of hydrogen-bond acceptors (Lipinski definition) is 5. The molecule has 0 unspecified atom stereocenters. The number of nitrogens with zero attached hydrogens (tertiary/aromatic N) is 2. The molecular weight excluding hydrogens is 484 g/mol. The van der Waals surface area contributed by atoms with Gasteiger partial charge in [0.2, 0.25) is 0 Å². The maximum Gasteiger partial charge on any atom is 0.409 e. The largest absolute Gasteiger partial charge is 0.491 e. The minimum absolute atomic E-state index is 0.00829. The van der Waals surface area contributed by atoms with Crippen LogP contribution in [0.3, 0.4) is 0 Å². The summed E-state index contributed by atoms with van der Waals surface area (Å²) < 4.78 is 19.6. The van der Waals surface area contributed by atoms with Gasteiger partial charge in [-0.3, -0.25) is 0 Å². The van der Waals surface area contributed by atoms with Crippen LogP contribution in [-0.2, 0) is 11.3 Å². The molecule has 1 aliphatic carbocycles. The van der Waals surface area contributed by atoms with Crippen LogP contribution < -0.4 is 9.47 Å². The average molecular weight is 519 g/mol. The van der Waals surface area contributed by atoms with Crippen molar-refractivity contribution in [1.29, 1.82) is 0 Å². The first-order valence-corrected chi connectivity index (χ1v) is 13.7. The van der Waals surface area contributed by atoms with Crippen molar-refractivity contribution in [1.82, 2.24) is 9.47 Å². The first-order chi connectivity index (χ1) is 18.5. The number of hydrogen-bond donors (Lipinski definition) is 1. The van der Waals surface area contributed by atoms with Gasteiger partial charge in [-0.1, -0.05) is 25.3 Å². The van der Waals surface area contributed by atoms with E-state index in [4.69, 9.17) is 14.2 Å². The molecule has 0 bridgehead atoms. The number of carbonyl (C=O) groups is 2. The quantitative estimate of drug-likeness (QED) is 0.442. The standard InChI is InChI=1S/C30H34N2O6/c1-36-30(35)31-13-5-8-21(31)18-38-22-10-12-24-26(17-22)37-15-14-32-25-16-20(29(33)34)9-11-23(25)27(28(24)32)19-6-3-2-4-7-19/h9-12,16-17,19,21H,2-8,13-15,18H2,1H3,(H,33,34)/t21-/m0/s1. The highest BCUT2D eigenvalue weighted by Gasteiger charge is 2.31. The molecule has 1 atom stereocenters. The van der Waals surface area contributed by atoms with Gasteiger partial charge in [-0.05, 0) is 61.4 Å². The van der Waals surface area contributed by atoms with E-state index < -0.39 is 5.97 Å². The highest BCUT2D eigenvalue weighted by atomic mass is 16.5. The first kappa shape index (κ1) is 24.6. The fourth-order valence-electron chi connectivity index (χ4n) is 6.55. The van der Waals surface area contributed by atoms with Crippen LogP contribution in [0.25, 0.3) is 22.2 Å². The lowest BCUT2D eigenvalue weighted by atomic mass is 9.81. The molecule has 1 aromatic heterocycles. The number of carbonyl (C=O) groups excluding carboxylic acids is 1. The van der Waals surface area contributed by atoms with E-state index >= 15 is 0 Å². The SMILES string of the molecule is COC(=O)N1CCC[C@H]1COc1ccc2c(c1)OCCn1c-2c(C2CCCCC2)c2ccc(C(=O)O)cc21. The number of carboxylic acid groups (broad SMARTS) is 1. The summed E-state index contributed by atoms with van der Waals surface area (Å²) in [5, 5.41) is 10.8. The van der Waals surface area contributed by atoms with E-state index in [-0.39, 0.29) is 12.1 Å². The van der Waals surface area contributed by atoms with Crippen molar-refractivity contribution in [3.8, 4) is 22.8 Å². The predicted octanol–water partition coefficient (Wildman–Crippen LogP) is 6.06. The number of ether oxygens (including phenoxy) is 3. The topological polar surface area (TPSA) is 90.2 Å². The van der Waals surface area contributed by atoms with Gasteiger partial charge in [0.15, 0.2) is 0 Å². The average Bonchev–Trinajstić information content (AvgIpc) is 3.49. The third-order valence-electron chi connectivity index (χ3n) is 8.37. The van der Waals surface area contributed by atoms with E-state index in [9.17, 15) is 14.7 Å². The number of likely N-dealkylation sites (tertiary alicyclic amines) is 1. The molecule has 0 spiro atoms. The summed E-state index contributed by atoms with van der Waals surface area (Å²) in [6.07, 6.45) is 7.49. The van der Waals surface area contributed by atoms with E-state index in [1.807, 2.05) is 24.3 Å². The minimum atomic E-state index is -0.915. The summed E-state index contributed by atoms with van der Waals surface area (Å²) >= 11 is 0. The Balaban J connectivity index is 1.38. The van der Waals surface area contributed by atoms with Crippen LogP contribution in [0.5, 0.6) is 11.5 Å². The molecule has 1 amide bonds. The van der Waals surface area contributed by atoms with E-state index in [1.54, 1.807) is 11.0 Å². The molecule has 6 rings (SSSR count). The van der Waals surface area contributed by atoms with Gasteiger partial charge in [-0.15, -0.1) is 0 Å². The molecule has 1 saturated heterocycles. The lowest BCUT2D eigenvalue weighted by Crippen LogP contribution is -2.38. The minimum Gasteiger partial charge on any atom is -0.491 e. The molecule has 8 heteroatoms. The fraction of sp³-hybridized carbons (Fsp3) is 0.467. The van der Waals surface area contributed by atoms with Crippen LogP contribution in [-0.4, -0.2) is 59.5 Å². The van der Waals surface area contributed by atoms with Gasteiger partial charge < -0.3 is 28.8 Å². The first-order valence-electron chi connectivity index (χ1n) is 13.7. The Hall–Kier alpha value is -3.68. The molecule has 1 N–H and O–H groups in total. The number of methoxy groups -OCH3 is 1. The zero-order valence-corrected chi connectivity index (χ0v) is 21.8. The Kier molecular flexibility index (Phi) is 6.64. The summed E-state index contributed by atoms with van der Waals surface area (Å²) in [5.41, 5.74) is 4.73. The fourth-order valence-corrected chi connectivity index (χ4v) is 6.55. The van der Waals surface area contributed by atoms with Crippen molar-refractivity contribution in [3.05, 3.63) is 47.5 Å². The van der Waals surface area contributed by atoms with E-state index in [0.717, 1.165) is 53.6 Å². The van der Waals surface area contributed by atoms with Gasteiger partial charge in [0, 0.05) is 29.1 Å². The Labute approximate surface area is 222 Å². The number of aromatic nitrogens is 1. The molecule has 3 aliphatic rings.